The summed E-state index contributed by atoms with van der Waals surface area (Å²) in [5.41, 5.74) is 1.66. The molecular weight excluding hydrogens is 432 g/mol. The lowest BCUT2D eigenvalue weighted by Gasteiger charge is -2.27. The van der Waals surface area contributed by atoms with Crippen molar-refractivity contribution in [2.75, 3.05) is 0 Å². The Labute approximate surface area is 217 Å². The maximum Gasteiger partial charge on any atom is 0.185 e. The van der Waals surface area contributed by atoms with Crippen LogP contribution in [0.2, 0.25) is 0 Å². The van der Waals surface area contributed by atoms with Gasteiger partial charge in [0.1, 0.15) is 0 Å². The molecule has 0 fully saturated rings. The normalized spacial score (nSPS) is 18.6. The van der Waals surface area contributed by atoms with E-state index in [0.29, 0.717) is 53.4 Å². The zero-order chi connectivity index (χ0) is 26.8. The molecule has 0 bridgehead atoms. The molecule has 0 spiro atoms. The second-order valence-electron chi connectivity index (χ2n) is 12.8. The van der Waals surface area contributed by atoms with Gasteiger partial charge in [-0.2, -0.15) is 0 Å². The third-order valence-electron chi connectivity index (χ3n) is 7.97. The van der Waals surface area contributed by atoms with Gasteiger partial charge in [0, 0.05) is 22.3 Å². The lowest BCUT2D eigenvalue weighted by molar-refractivity contribution is -0.116. The molecule has 0 unspecified atom stereocenters. The van der Waals surface area contributed by atoms with Crippen molar-refractivity contribution in [2.45, 2.75) is 145 Å². The van der Waals surface area contributed by atoms with E-state index in [2.05, 4.69) is 41.5 Å². The predicted octanol–water partition coefficient (Wildman–Crippen LogP) is 8.79. The Kier molecular flexibility index (Phi) is 13.7. The molecule has 0 aromatic carbocycles. The van der Waals surface area contributed by atoms with Crippen LogP contribution in [0.4, 0.5) is 0 Å². The second-order valence-corrected chi connectivity index (χ2v) is 12.8. The molecular formula is C32H56O3. The fourth-order valence-electron chi connectivity index (χ4n) is 5.28. The van der Waals surface area contributed by atoms with Crippen LogP contribution >= 0.6 is 0 Å². The van der Waals surface area contributed by atoms with Crippen LogP contribution in [-0.2, 0) is 9.59 Å². The number of allylic oxidation sites excluding steroid dienone is 4. The molecule has 0 aromatic heterocycles. The monoisotopic (exact) mass is 488 g/mol. The minimum absolute atomic E-state index is 0.000561. The maximum absolute atomic E-state index is 13.0. The summed E-state index contributed by atoms with van der Waals surface area (Å²) < 4.78 is 0. The molecule has 3 heteroatoms. The molecule has 1 rings (SSSR count). The third-order valence-corrected chi connectivity index (χ3v) is 7.97. The van der Waals surface area contributed by atoms with Crippen molar-refractivity contribution in [3.8, 4) is 0 Å². The Bertz CT molecular complexity index is 751. The van der Waals surface area contributed by atoms with E-state index >= 15 is 0 Å². The van der Waals surface area contributed by atoms with Gasteiger partial charge in [0.2, 0.25) is 0 Å². The highest BCUT2D eigenvalue weighted by molar-refractivity contribution is 6.24. The van der Waals surface area contributed by atoms with Gasteiger partial charge in [-0.25, -0.2) is 0 Å². The van der Waals surface area contributed by atoms with E-state index in [1.54, 1.807) is 13.8 Å². The SMILES string of the molecule is CC1=C(C)C(=O)C(CC(C)C)=C(CC[C@](C)(O)CCC[C@H](C)CCC[C@H](C)CCCC(C)C)C1=O. The summed E-state index contributed by atoms with van der Waals surface area (Å²) in [4.78, 5) is 25.9. The smallest absolute Gasteiger partial charge is 0.185 e. The molecule has 3 atom stereocenters. The first kappa shape index (κ1) is 31.8. The van der Waals surface area contributed by atoms with Gasteiger partial charge < -0.3 is 5.11 Å². The molecule has 0 aromatic rings. The first-order valence-electron chi connectivity index (χ1n) is 14.5. The van der Waals surface area contributed by atoms with E-state index in [9.17, 15) is 14.7 Å². The number of carbonyl (C=O) groups is 2. The average Bonchev–Trinajstić information content (AvgIpc) is 2.75. The summed E-state index contributed by atoms with van der Waals surface area (Å²) >= 11 is 0. The number of hydrogen-bond acceptors (Lipinski definition) is 3. The topological polar surface area (TPSA) is 54.4 Å². The molecule has 3 nitrogen and oxygen atoms in total. The van der Waals surface area contributed by atoms with Crippen molar-refractivity contribution in [1.82, 2.24) is 0 Å². The minimum atomic E-state index is -0.811. The van der Waals surface area contributed by atoms with Gasteiger partial charge in [0.05, 0.1) is 5.60 Å². The zero-order valence-corrected chi connectivity index (χ0v) is 24.6. The highest BCUT2D eigenvalue weighted by Crippen LogP contribution is 2.33. The first-order valence-corrected chi connectivity index (χ1v) is 14.5. The van der Waals surface area contributed by atoms with Crippen LogP contribution in [0.1, 0.15) is 139 Å². The number of aliphatic hydroxyl groups is 1. The Morgan fingerprint density at radius 2 is 1.11 bits per heavy atom. The molecule has 0 amide bonds. The van der Waals surface area contributed by atoms with Crippen LogP contribution < -0.4 is 0 Å². The van der Waals surface area contributed by atoms with Gasteiger partial charge in [-0.15, -0.1) is 0 Å². The lowest BCUT2D eigenvalue weighted by Crippen LogP contribution is -2.27. The number of ketones is 2. The highest BCUT2D eigenvalue weighted by Gasteiger charge is 2.32. The van der Waals surface area contributed by atoms with E-state index in [0.717, 1.165) is 31.1 Å². The molecule has 1 aliphatic carbocycles. The van der Waals surface area contributed by atoms with E-state index < -0.39 is 5.60 Å². The molecule has 1 aliphatic rings. The Morgan fingerprint density at radius 3 is 1.60 bits per heavy atom. The largest absolute Gasteiger partial charge is 0.390 e. The number of hydrogen-bond donors (Lipinski definition) is 1. The molecule has 0 saturated carbocycles. The minimum Gasteiger partial charge on any atom is -0.390 e. The Balaban J connectivity index is 2.48. The number of Topliss-reactive ketones (excluding diaryl/α,β-unsaturated/α-hetero) is 2. The number of carbonyl (C=O) groups excluding carboxylic acids is 2. The number of rotatable bonds is 17. The van der Waals surface area contributed by atoms with Crippen molar-refractivity contribution < 1.29 is 14.7 Å². The summed E-state index contributed by atoms with van der Waals surface area (Å²) in [6.45, 7) is 18.9. The molecule has 35 heavy (non-hydrogen) atoms. The first-order chi connectivity index (χ1) is 16.2. The van der Waals surface area contributed by atoms with Gasteiger partial charge in [-0.05, 0) is 70.1 Å². The summed E-state index contributed by atoms with van der Waals surface area (Å²) in [6.07, 6.45) is 12.5. The van der Waals surface area contributed by atoms with E-state index in [-0.39, 0.29) is 11.6 Å². The van der Waals surface area contributed by atoms with Gasteiger partial charge >= 0.3 is 0 Å². The van der Waals surface area contributed by atoms with Crippen molar-refractivity contribution in [3.05, 3.63) is 22.3 Å². The molecule has 0 radical (unpaired) electrons. The molecule has 0 heterocycles. The summed E-state index contributed by atoms with van der Waals surface area (Å²) in [6, 6.07) is 0. The Hall–Kier alpha value is -1.22. The van der Waals surface area contributed by atoms with Crippen LogP contribution in [0.5, 0.6) is 0 Å². The average molecular weight is 489 g/mol. The van der Waals surface area contributed by atoms with Crippen molar-refractivity contribution in [3.63, 3.8) is 0 Å². The summed E-state index contributed by atoms with van der Waals surface area (Å²) in [5, 5.41) is 11.0. The highest BCUT2D eigenvalue weighted by atomic mass is 16.3. The summed E-state index contributed by atoms with van der Waals surface area (Å²) in [5.74, 6) is 2.66. The van der Waals surface area contributed by atoms with Crippen LogP contribution in [0.3, 0.4) is 0 Å². The molecule has 0 saturated heterocycles. The van der Waals surface area contributed by atoms with Crippen LogP contribution in [0.25, 0.3) is 0 Å². The molecule has 202 valence electrons. The van der Waals surface area contributed by atoms with Crippen molar-refractivity contribution in [2.24, 2.45) is 23.7 Å². The predicted molar refractivity (Wildman–Crippen MR) is 149 cm³/mol. The quantitative estimate of drug-likeness (QED) is 0.208. The van der Waals surface area contributed by atoms with Gasteiger partial charge in [0.25, 0.3) is 0 Å². The third kappa shape index (κ3) is 11.6. The fourth-order valence-corrected chi connectivity index (χ4v) is 5.28. The zero-order valence-electron chi connectivity index (χ0n) is 24.6. The van der Waals surface area contributed by atoms with Gasteiger partial charge in [0.15, 0.2) is 11.6 Å². The maximum atomic E-state index is 13.0. The van der Waals surface area contributed by atoms with E-state index in [1.807, 2.05) is 6.92 Å². The summed E-state index contributed by atoms with van der Waals surface area (Å²) in [7, 11) is 0. The van der Waals surface area contributed by atoms with Crippen LogP contribution in [-0.4, -0.2) is 22.3 Å². The Morgan fingerprint density at radius 1 is 0.657 bits per heavy atom. The van der Waals surface area contributed by atoms with Crippen molar-refractivity contribution >= 4 is 11.6 Å². The lowest BCUT2D eigenvalue weighted by atomic mass is 9.78. The standard InChI is InChI=1S/C32H56O3/c1-22(2)13-10-14-24(5)15-11-16-25(6)17-12-19-32(9,35)20-18-28-29(21-23(3)4)31(34)27(8)26(7)30(28)33/h22-25,35H,10-21H2,1-9H3/t24-,25-,32-/m1/s1. The van der Waals surface area contributed by atoms with E-state index in [4.69, 9.17) is 0 Å². The second kappa shape index (κ2) is 15.1. The van der Waals surface area contributed by atoms with Crippen LogP contribution in [0, 0.1) is 23.7 Å². The van der Waals surface area contributed by atoms with Crippen molar-refractivity contribution in [1.29, 1.82) is 0 Å². The molecule has 0 aliphatic heterocycles. The van der Waals surface area contributed by atoms with Gasteiger partial charge in [-0.3, -0.25) is 9.59 Å². The van der Waals surface area contributed by atoms with E-state index in [1.165, 1.54) is 38.5 Å². The van der Waals surface area contributed by atoms with Gasteiger partial charge in [-0.1, -0.05) is 92.9 Å². The van der Waals surface area contributed by atoms with Crippen LogP contribution in [0.15, 0.2) is 22.3 Å². The fraction of sp³-hybridized carbons (Fsp3) is 0.812. The molecule has 1 N–H and O–H groups in total.